The van der Waals surface area contributed by atoms with Crippen LogP contribution in [0, 0.1) is 17.8 Å². The van der Waals surface area contributed by atoms with Crippen LogP contribution in [0.1, 0.15) is 54.4 Å². The zero-order chi connectivity index (χ0) is 42.1. The molecule has 3 heteroatoms. The fraction of sp³-hybridized carbons (Fsp3) is 0.200. The molecule has 63 heavy (non-hydrogen) atoms. The Kier molecular flexibility index (Phi) is 10.9. The van der Waals surface area contributed by atoms with E-state index in [0.29, 0.717) is 29.8 Å². The molecule has 1 saturated heterocycles. The Bertz CT molecular complexity index is 2780. The Morgan fingerprint density at radius 1 is 0.587 bits per heavy atom. The van der Waals surface area contributed by atoms with Gasteiger partial charge in [0.1, 0.15) is 8.80 Å². The van der Waals surface area contributed by atoms with Crippen LogP contribution in [-0.4, -0.2) is 31.8 Å². The lowest BCUT2D eigenvalue weighted by atomic mass is 9.79. The van der Waals surface area contributed by atoms with Crippen LogP contribution in [0.5, 0.6) is 0 Å². The number of nitrogens with one attached hydrogen (secondary N) is 1. The van der Waals surface area contributed by atoms with E-state index in [1.54, 1.807) is 0 Å². The molecule has 5 aromatic rings. The van der Waals surface area contributed by atoms with Crippen molar-refractivity contribution in [3.05, 3.63) is 240 Å². The van der Waals surface area contributed by atoms with Crippen LogP contribution in [0.3, 0.4) is 0 Å². The molecule has 6 aliphatic rings. The van der Waals surface area contributed by atoms with Crippen LogP contribution in [0.25, 0.3) is 33.5 Å². The number of hydrogen-bond acceptors (Lipinski definition) is 2. The maximum absolute atomic E-state index is 4.05. The number of allylic oxidation sites excluding steroid dienone is 11. The summed E-state index contributed by atoms with van der Waals surface area (Å²) in [4.78, 5) is 2.77. The van der Waals surface area contributed by atoms with Crippen LogP contribution < -0.4 is 15.7 Å². The van der Waals surface area contributed by atoms with Crippen molar-refractivity contribution in [2.24, 2.45) is 17.8 Å². The minimum absolute atomic E-state index is 0.250. The van der Waals surface area contributed by atoms with Gasteiger partial charge in [-0.15, -0.1) is 0 Å². The van der Waals surface area contributed by atoms with Crippen molar-refractivity contribution in [1.29, 1.82) is 0 Å². The van der Waals surface area contributed by atoms with Crippen molar-refractivity contribution < 1.29 is 0 Å². The van der Waals surface area contributed by atoms with Crippen molar-refractivity contribution in [2.45, 2.75) is 56.8 Å². The summed E-state index contributed by atoms with van der Waals surface area (Å²) in [6.45, 7) is 2.48. The number of hydrogen-bond donors (Lipinski definition) is 1. The van der Waals surface area contributed by atoms with E-state index in [1.807, 2.05) is 0 Å². The topological polar surface area (TPSA) is 15.3 Å². The van der Waals surface area contributed by atoms with Crippen molar-refractivity contribution in [1.82, 2.24) is 10.2 Å². The lowest BCUT2D eigenvalue weighted by molar-refractivity contribution is 0.292. The quantitative estimate of drug-likeness (QED) is 0.118. The molecule has 0 aromatic heterocycles. The molecule has 6 unspecified atom stereocenters. The highest BCUT2D eigenvalue weighted by Gasteiger charge is 2.47. The molecule has 0 amide bonds. The van der Waals surface area contributed by atoms with Gasteiger partial charge >= 0.3 is 0 Å². The van der Waals surface area contributed by atoms with E-state index in [-0.39, 0.29) is 6.04 Å². The Morgan fingerprint density at radius 2 is 1.29 bits per heavy atom. The summed E-state index contributed by atoms with van der Waals surface area (Å²) in [5.41, 5.74) is 14.7. The molecule has 1 radical (unpaired) electrons. The van der Waals surface area contributed by atoms with Gasteiger partial charge in [-0.25, -0.2) is 0 Å². The van der Waals surface area contributed by atoms with E-state index in [0.717, 1.165) is 12.8 Å². The summed E-state index contributed by atoms with van der Waals surface area (Å²) in [6, 6.07) is 50.1. The largest absolute Gasteiger partial charge is 0.378 e. The van der Waals surface area contributed by atoms with Gasteiger partial charge in [0.25, 0.3) is 0 Å². The Balaban J connectivity index is 0.920. The lowest BCUT2D eigenvalue weighted by Gasteiger charge is -2.36. The highest BCUT2D eigenvalue weighted by molar-refractivity contribution is 6.85. The zero-order valence-corrected chi connectivity index (χ0v) is 37.2. The van der Waals surface area contributed by atoms with E-state index in [9.17, 15) is 0 Å². The molecule has 5 aromatic carbocycles. The Labute approximate surface area is 376 Å². The minimum atomic E-state index is -1.04. The lowest BCUT2D eigenvalue weighted by Crippen LogP contribution is -2.42. The van der Waals surface area contributed by atoms with Crippen LogP contribution in [0.15, 0.2) is 218 Å². The summed E-state index contributed by atoms with van der Waals surface area (Å²) in [6.07, 6.45) is 37.4. The smallest absolute Gasteiger partial charge is 0.119 e. The third kappa shape index (κ3) is 7.63. The summed E-state index contributed by atoms with van der Waals surface area (Å²) in [5.74, 6) is 1.26. The third-order valence-electron chi connectivity index (χ3n) is 14.4. The molecule has 0 spiro atoms. The highest BCUT2D eigenvalue weighted by Crippen LogP contribution is 2.48. The van der Waals surface area contributed by atoms with Gasteiger partial charge in [-0.3, -0.25) is 0 Å². The first-order chi connectivity index (χ1) is 31.2. The van der Waals surface area contributed by atoms with Crippen molar-refractivity contribution in [2.75, 3.05) is 0 Å². The van der Waals surface area contributed by atoms with Crippen LogP contribution in [0.4, 0.5) is 0 Å². The molecule has 11 rings (SSSR count). The van der Waals surface area contributed by atoms with Crippen LogP contribution in [0.2, 0.25) is 6.55 Å². The van der Waals surface area contributed by atoms with Gasteiger partial charge in [-0.05, 0) is 94.0 Å². The number of likely N-dealkylation sites (tertiary alicyclic amines) is 1. The molecule has 4 aliphatic carbocycles. The van der Waals surface area contributed by atoms with E-state index in [1.165, 1.54) is 91.1 Å². The summed E-state index contributed by atoms with van der Waals surface area (Å²) < 4.78 is 0. The zero-order valence-electron chi connectivity index (χ0n) is 36.2. The maximum Gasteiger partial charge on any atom is 0.119 e. The molecule has 309 valence electrons. The van der Waals surface area contributed by atoms with E-state index >= 15 is 0 Å². The van der Waals surface area contributed by atoms with Gasteiger partial charge in [-0.2, -0.15) is 0 Å². The molecule has 6 atom stereocenters. The Morgan fingerprint density at radius 3 is 2.05 bits per heavy atom. The summed E-state index contributed by atoms with van der Waals surface area (Å²) >= 11 is 0. The second-order valence-corrected chi connectivity index (χ2v) is 20.3. The van der Waals surface area contributed by atoms with Gasteiger partial charge in [-0.1, -0.05) is 212 Å². The number of dihydropyridines is 1. The fourth-order valence-electron chi connectivity index (χ4n) is 11.3. The molecule has 2 nitrogen and oxygen atoms in total. The standard InChI is InChI=1S/C60H55N2Si/c1-63(49-25-12-5-13-26-49)60-51(43-21-8-3-9-22-43)30-18-31-52(60)44-33-36-48(37-34-44)62-58-32-17-16-29-54(58)55-39-46(35-38-59(55)62)50-27-14-15-28-53(50)57-41-47(42-19-6-2-7-20-42)40-56(61-57)45-23-10-4-11-24-45/h2-3,5-10,12-23,25-33,35-36,38-41,45,54-56,58-59,61H,4,11,24,34,37H2,1H3. The van der Waals surface area contributed by atoms with E-state index in [4.69, 9.17) is 0 Å². The summed E-state index contributed by atoms with van der Waals surface area (Å²) in [5, 5.41) is 7.02. The molecule has 0 saturated carbocycles. The number of benzene rings is 5. The second kappa shape index (κ2) is 17.4. The van der Waals surface area contributed by atoms with Gasteiger partial charge in [0.05, 0.1) is 18.1 Å². The van der Waals surface area contributed by atoms with Gasteiger partial charge in [0, 0.05) is 34.7 Å². The van der Waals surface area contributed by atoms with E-state index in [2.05, 4.69) is 229 Å². The molecule has 1 N–H and O–H groups in total. The first kappa shape index (κ1) is 39.4. The highest BCUT2D eigenvalue weighted by atomic mass is 28.3. The number of nitrogens with zero attached hydrogens (tertiary/aromatic N) is 1. The first-order valence-electron chi connectivity index (χ1n) is 23.2. The Hall–Kier alpha value is -6.42. The molecule has 1 fully saturated rings. The summed E-state index contributed by atoms with van der Waals surface area (Å²) in [7, 11) is -1.04. The average Bonchev–Trinajstić information content (AvgIpc) is 3.70. The van der Waals surface area contributed by atoms with Crippen molar-refractivity contribution >= 4 is 41.6 Å². The van der Waals surface area contributed by atoms with Crippen molar-refractivity contribution in [3.8, 4) is 11.1 Å². The van der Waals surface area contributed by atoms with Crippen LogP contribution in [-0.2, 0) is 0 Å². The number of rotatable bonds is 9. The minimum Gasteiger partial charge on any atom is -0.378 e. The normalized spacial score (nSPS) is 24.7. The average molecular weight is 832 g/mol. The van der Waals surface area contributed by atoms with Gasteiger partial charge in [0.2, 0.25) is 0 Å². The van der Waals surface area contributed by atoms with Crippen LogP contribution >= 0.6 is 0 Å². The molecular weight excluding hydrogens is 777 g/mol. The van der Waals surface area contributed by atoms with Gasteiger partial charge in [0.15, 0.2) is 0 Å². The SMILES string of the molecule is C[Si](c1ccccc1)c1c(C2=CC=C(N3C4C=CC=CC4C4C=C(c5ccccc5C5=CC(c6ccccc6)=CC(C6C=CCCC6)N5)C=CC43)CC2)cccc1-c1ccccc1. The monoisotopic (exact) mass is 831 g/mol. The third-order valence-corrected chi connectivity index (χ3v) is 16.9. The predicted molar refractivity (Wildman–Crippen MR) is 269 cm³/mol. The molecule has 2 aliphatic heterocycles. The van der Waals surface area contributed by atoms with Gasteiger partial charge < -0.3 is 10.2 Å². The molecule has 0 bridgehead atoms. The second-order valence-electron chi connectivity index (χ2n) is 18.0. The first-order valence-corrected chi connectivity index (χ1v) is 25.2. The maximum atomic E-state index is 4.05. The fourth-order valence-corrected chi connectivity index (χ4v) is 13.5. The van der Waals surface area contributed by atoms with Crippen molar-refractivity contribution in [3.63, 3.8) is 0 Å². The predicted octanol–water partition coefficient (Wildman–Crippen LogP) is 12.5. The van der Waals surface area contributed by atoms with E-state index < -0.39 is 8.80 Å². The molecular formula is C60H55N2Si. The number of fused-ring (bicyclic) bond motifs is 3. The molecule has 2 heterocycles.